The second-order valence-corrected chi connectivity index (χ2v) is 15.9. The van der Waals surface area contributed by atoms with Crippen molar-refractivity contribution in [2.75, 3.05) is 13.2 Å². The Morgan fingerprint density at radius 2 is 1.68 bits per heavy atom. The van der Waals surface area contributed by atoms with Crippen LogP contribution in [0.5, 0.6) is 0 Å². The van der Waals surface area contributed by atoms with E-state index in [2.05, 4.69) is 29.8 Å². The molecule has 5 amide bonds. The van der Waals surface area contributed by atoms with Gasteiger partial charge in [0.25, 0.3) is 5.91 Å². The number of carbonyl (C=O) groups is 6. The molecule has 1 aromatic rings. The minimum Gasteiger partial charge on any atom is -0.374 e. The molecule has 3 fully saturated rings. The maximum Gasteiger partial charge on any atom is 0.316 e. The molecule has 50 heavy (non-hydrogen) atoms. The number of likely N-dealkylation sites (tertiary alicyclic amines) is 1. The number of carbonyl (C=O) groups excluding carboxylic acids is 6. The molecule has 3 aliphatic rings. The zero-order chi connectivity index (χ0) is 36.6. The van der Waals surface area contributed by atoms with Crippen LogP contribution < -0.4 is 21.7 Å². The Kier molecular flexibility index (Phi) is 13.2. The van der Waals surface area contributed by atoms with Gasteiger partial charge in [0.2, 0.25) is 17.6 Å². The Balaban J connectivity index is 1.54. The zero-order valence-electron chi connectivity index (χ0n) is 30.4. The van der Waals surface area contributed by atoms with Crippen molar-refractivity contribution >= 4 is 35.8 Å². The van der Waals surface area contributed by atoms with Gasteiger partial charge in [0.05, 0.1) is 19.3 Å². The number of nitrogens with zero attached hydrogens (tertiary/aromatic N) is 1. The average Bonchev–Trinajstić information content (AvgIpc) is 3.52. The van der Waals surface area contributed by atoms with Crippen molar-refractivity contribution in [1.29, 1.82) is 0 Å². The van der Waals surface area contributed by atoms with E-state index in [1.54, 1.807) is 0 Å². The molecule has 4 rings (SSSR count). The summed E-state index contributed by atoms with van der Waals surface area (Å²) in [6.45, 7) is 10.2. The number of Topliss-reactive ketones (excluding diaryl/α,β-unsaturated/α-hetero) is 1. The summed E-state index contributed by atoms with van der Waals surface area (Å²) in [5.74, 6) is -2.58. The summed E-state index contributed by atoms with van der Waals surface area (Å²) in [7, 11) is 0. The predicted octanol–water partition coefficient (Wildman–Crippen LogP) is 3.65. The largest absolute Gasteiger partial charge is 0.374 e. The maximum atomic E-state index is 14.5. The average molecular weight is 696 g/mol. The number of urea groups is 1. The minimum absolute atomic E-state index is 0.00899. The van der Waals surface area contributed by atoms with Crippen LogP contribution in [0.2, 0.25) is 0 Å². The number of benzene rings is 1. The molecule has 12 heteroatoms. The van der Waals surface area contributed by atoms with Gasteiger partial charge in [0, 0.05) is 6.54 Å². The molecule has 0 aromatic heterocycles. The summed E-state index contributed by atoms with van der Waals surface area (Å²) in [4.78, 5) is 81.0. The lowest BCUT2D eigenvalue weighted by atomic mass is 9.84. The molecule has 2 saturated carbocycles. The smallest absolute Gasteiger partial charge is 0.316 e. The van der Waals surface area contributed by atoms with E-state index in [1.165, 1.54) is 4.90 Å². The maximum absolute atomic E-state index is 14.5. The molecule has 6 atom stereocenters. The van der Waals surface area contributed by atoms with E-state index in [-0.39, 0.29) is 36.9 Å². The van der Waals surface area contributed by atoms with Crippen LogP contribution in [0.4, 0.5) is 4.79 Å². The summed E-state index contributed by atoms with van der Waals surface area (Å²) in [6.07, 6.45) is 7.54. The lowest BCUT2D eigenvalue weighted by Crippen LogP contribution is -2.64. The monoisotopic (exact) mass is 695 g/mol. The predicted molar refractivity (Wildman–Crippen MR) is 188 cm³/mol. The van der Waals surface area contributed by atoms with Crippen molar-refractivity contribution in [2.24, 2.45) is 34.8 Å². The van der Waals surface area contributed by atoms with Crippen molar-refractivity contribution in [3.8, 4) is 0 Å². The molecular formula is C38H57N5O7. The van der Waals surface area contributed by atoms with Crippen LogP contribution in [0, 0.1) is 29.1 Å². The fourth-order valence-electron chi connectivity index (χ4n) is 7.43. The first-order valence-corrected chi connectivity index (χ1v) is 18.3. The van der Waals surface area contributed by atoms with E-state index in [1.807, 2.05) is 51.1 Å². The Morgan fingerprint density at radius 3 is 2.24 bits per heavy atom. The number of hydrogen-bond acceptors (Lipinski definition) is 7. The summed E-state index contributed by atoms with van der Waals surface area (Å²) in [5.41, 5.74) is 4.20. The molecule has 12 nitrogen and oxygen atoms in total. The molecule has 1 aromatic carbocycles. The summed E-state index contributed by atoms with van der Waals surface area (Å²) < 4.78 is 6.02. The van der Waals surface area contributed by atoms with E-state index in [0.29, 0.717) is 19.4 Å². The van der Waals surface area contributed by atoms with Gasteiger partial charge in [0.1, 0.15) is 23.9 Å². The van der Waals surface area contributed by atoms with Crippen molar-refractivity contribution in [2.45, 2.75) is 123 Å². The van der Waals surface area contributed by atoms with Crippen LogP contribution in [-0.4, -0.2) is 77.5 Å². The second-order valence-electron chi connectivity index (χ2n) is 15.9. The number of nitrogens with two attached hydrogens (primary N) is 1. The highest BCUT2D eigenvalue weighted by atomic mass is 16.5. The molecule has 0 bridgehead atoms. The molecule has 5 N–H and O–H groups in total. The lowest BCUT2D eigenvalue weighted by molar-refractivity contribution is -0.143. The third-order valence-corrected chi connectivity index (χ3v) is 11.0. The van der Waals surface area contributed by atoms with E-state index in [0.717, 1.165) is 56.8 Å². The molecule has 2 aliphatic carbocycles. The lowest BCUT2D eigenvalue weighted by Gasteiger charge is -2.38. The third kappa shape index (κ3) is 9.92. The molecule has 276 valence electrons. The fraction of sp³-hybridized carbons (Fsp3) is 0.684. The summed E-state index contributed by atoms with van der Waals surface area (Å²) >= 11 is 0. The SMILES string of the molecule is CCC(C)[C@@H]1C[C@@H](C(=O)NC(CC2CC2)C(=O)C(N)=O)N(C(=O)[C@@H](NC(=O)N[C@@](C=O)(COCc2ccccc2)C2CCCC2)C(C)(C)C)C1. The van der Waals surface area contributed by atoms with Crippen molar-refractivity contribution in [1.82, 2.24) is 20.9 Å². The third-order valence-electron chi connectivity index (χ3n) is 11.0. The van der Waals surface area contributed by atoms with E-state index >= 15 is 0 Å². The zero-order valence-corrected chi connectivity index (χ0v) is 30.4. The number of amides is 5. The Bertz CT molecular complexity index is 1370. The molecule has 0 radical (unpaired) electrons. The Hall–Kier alpha value is -3.80. The van der Waals surface area contributed by atoms with E-state index in [4.69, 9.17) is 10.5 Å². The minimum atomic E-state index is -1.29. The van der Waals surface area contributed by atoms with Crippen LogP contribution in [-0.2, 0) is 35.3 Å². The van der Waals surface area contributed by atoms with Crippen LogP contribution >= 0.6 is 0 Å². The topological polar surface area (TPSA) is 177 Å². The standard InChI is InChI=1S/C38H57N5O7/c1-6-24(2)27-19-30(34(47)40-29(18-25-16-17-25)31(45)33(39)46)43(20-27)35(48)32(37(3,4)5)41-36(49)42-38(22-44,28-14-10-11-15-28)23-50-21-26-12-8-7-9-13-26/h7-9,12-13,22,24-25,27-30,32H,6,10-11,14-21,23H2,1-5H3,(H2,39,46)(H,40,47)(H2,41,42,49)/t24?,27-,29?,30+,32-,38+/m1/s1. The van der Waals surface area contributed by atoms with Gasteiger partial charge in [-0.15, -0.1) is 0 Å². The molecule has 2 unspecified atom stereocenters. The van der Waals surface area contributed by atoms with Gasteiger partial charge in [-0.2, -0.15) is 0 Å². The molecule has 0 spiro atoms. The second kappa shape index (κ2) is 16.9. The van der Waals surface area contributed by atoms with E-state index in [9.17, 15) is 28.8 Å². The Morgan fingerprint density at radius 1 is 1.02 bits per heavy atom. The van der Waals surface area contributed by atoms with Crippen molar-refractivity contribution in [3.05, 3.63) is 35.9 Å². The van der Waals surface area contributed by atoms with Crippen molar-refractivity contribution in [3.63, 3.8) is 0 Å². The summed E-state index contributed by atoms with van der Waals surface area (Å²) in [5, 5.41) is 8.56. The number of ether oxygens (including phenoxy) is 1. The highest BCUT2D eigenvalue weighted by Crippen LogP contribution is 2.36. The van der Waals surface area contributed by atoms with E-state index < -0.39 is 58.6 Å². The van der Waals surface area contributed by atoms with Gasteiger partial charge in [0.15, 0.2) is 0 Å². The number of primary amides is 1. The van der Waals surface area contributed by atoms with Gasteiger partial charge in [-0.1, -0.05) is 97.1 Å². The highest BCUT2D eigenvalue weighted by Gasteiger charge is 2.48. The molecular weight excluding hydrogens is 638 g/mol. The molecule has 1 aliphatic heterocycles. The number of rotatable bonds is 17. The molecule has 1 saturated heterocycles. The molecule has 1 heterocycles. The first-order chi connectivity index (χ1) is 23.7. The van der Waals surface area contributed by atoms with Gasteiger partial charge in [-0.3, -0.25) is 19.2 Å². The van der Waals surface area contributed by atoms with Crippen LogP contribution in [0.15, 0.2) is 30.3 Å². The van der Waals surface area contributed by atoms with Gasteiger partial charge in [-0.25, -0.2) is 4.79 Å². The van der Waals surface area contributed by atoms with Crippen molar-refractivity contribution < 1.29 is 33.5 Å². The van der Waals surface area contributed by atoms with Gasteiger partial charge in [-0.05, 0) is 60.3 Å². The Labute approximate surface area is 296 Å². The number of aldehydes is 1. The first kappa shape index (κ1) is 39.0. The van der Waals surface area contributed by atoms with Crippen LogP contribution in [0.3, 0.4) is 0 Å². The first-order valence-electron chi connectivity index (χ1n) is 18.3. The van der Waals surface area contributed by atoms with Gasteiger partial charge < -0.3 is 36.1 Å². The van der Waals surface area contributed by atoms with Gasteiger partial charge >= 0.3 is 6.03 Å². The number of hydrogen-bond donors (Lipinski definition) is 4. The van der Waals surface area contributed by atoms with Crippen LogP contribution in [0.25, 0.3) is 0 Å². The summed E-state index contributed by atoms with van der Waals surface area (Å²) in [6, 6.07) is 5.90. The number of nitrogens with one attached hydrogen (secondary N) is 3. The quantitative estimate of drug-likeness (QED) is 0.142. The van der Waals surface area contributed by atoms with Crippen LogP contribution in [0.1, 0.15) is 98.0 Å². The number of ketones is 1. The fourth-order valence-corrected chi connectivity index (χ4v) is 7.43. The normalized spacial score (nSPS) is 22.5. The highest BCUT2D eigenvalue weighted by molar-refractivity contribution is 6.37.